The van der Waals surface area contributed by atoms with E-state index in [0.717, 1.165) is 5.56 Å². The summed E-state index contributed by atoms with van der Waals surface area (Å²) in [5.41, 5.74) is 2.25. The fourth-order valence-electron chi connectivity index (χ4n) is 1.83. The Labute approximate surface area is 115 Å². The van der Waals surface area contributed by atoms with Crippen molar-refractivity contribution < 1.29 is 9.53 Å². The lowest BCUT2D eigenvalue weighted by Gasteiger charge is -2.21. The molecule has 1 N–H and O–H groups in total. The highest BCUT2D eigenvalue weighted by Gasteiger charge is 2.21. The van der Waals surface area contributed by atoms with Gasteiger partial charge < -0.3 is 4.74 Å². The Morgan fingerprint density at radius 2 is 1.95 bits per heavy atom. The van der Waals surface area contributed by atoms with Crippen LogP contribution in [-0.4, -0.2) is 19.6 Å². The maximum atomic E-state index is 11.8. The summed E-state index contributed by atoms with van der Waals surface area (Å²) < 4.78 is 4.83. The zero-order chi connectivity index (χ0) is 14.5. The summed E-state index contributed by atoms with van der Waals surface area (Å²) in [6.45, 7) is 10.7. The van der Waals surface area contributed by atoms with Gasteiger partial charge in [-0.3, -0.25) is 5.32 Å². The van der Waals surface area contributed by atoms with Gasteiger partial charge in [-0.05, 0) is 16.5 Å². The van der Waals surface area contributed by atoms with Crippen molar-refractivity contribution in [3.63, 3.8) is 0 Å². The molecule has 0 spiro atoms. The molecule has 3 nitrogen and oxygen atoms in total. The zero-order valence-electron chi connectivity index (χ0n) is 12.2. The molecule has 19 heavy (non-hydrogen) atoms. The van der Waals surface area contributed by atoms with Gasteiger partial charge in [0.25, 0.3) is 0 Å². The van der Waals surface area contributed by atoms with Crippen molar-refractivity contribution in [3.05, 3.63) is 48.0 Å². The van der Waals surface area contributed by atoms with Crippen LogP contribution in [0, 0.1) is 0 Å². The largest absolute Gasteiger partial charge is 0.468 e. The van der Waals surface area contributed by atoms with Crippen LogP contribution >= 0.6 is 0 Å². The molecule has 0 bridgehead atoms. The Morgan fingerprint density at radius 1 is 1.37 bits per heavy atom. The third kappa shape index (κ3) is 4.21. The van der Waals surface area contributed by atoms with Crippen LogP contribution in [0.2, 0.25) is 0 Å². The third-order valence-electron chi connectivity index (χ3n) is 3.01. The maximum absolute atomic E-state index is 11.8. The number of ether oxygens (including phenoxy) is 1. The fourth-order valence-corrected chi connectivity index (χ4v) is 1.83. The van der Waals surface area contributed by atoms with Crippen molar-refractivity contribution >= 4 is 5.97 Å². The van der Waals surface area contributed by atoms with Crippen molar-refractivity contribution in [2.45, 2.75) is 32.2 Å². The lowest BCUT2D eigenvalue weighted by atomic mass is 9.86. The second-order valence-corrected chi connectivity index (χ2v) is 5.53. The molecule has 0 aliphatic rings. The van der Waals surface area contributed by atoms with E-state index in [0.29, 0.717) is 6.54 Å². The summed E-state index contributed by atoms with van der Waals surface area (Å²) in [6, 6.07) is 7.61. The minimum atomic E-state index is -0.447. The van der Waals surface area contributed by atoms with Crippen LogP contribution in [0.3, 0.4) is 0 Å². The minimum Gasteiger partial charge on any atom is -0.468 e. The van der Waals surface area contributed by atoms with E-state index >= 15 is 0 Å². The molecule has 0 radical (unpaired) electrons. The van der Waals surface area contributed by atoms with Gasteiger partial charge in [0, 0.05) is 6.54 Å². The van der Waals surface area contributed by atoms with Crippen molar-refractivity contribution in [1.82, 2.24) is 5.32 Å². The molecule has 0 saturated carbocycles. The van der Waals surface area contributed by atoms with E-state index in [1.807, 2.05) is 12.1 Å². The SMILES string of the molecule is C=CCNC(C(=O)OC)c1ccc(C(C)(C)C)cc1. The Hall–Kier alpha value is -1.61. The van der Waals surface area contributed by atoms with Gasteiger partial charge in [0.15, 0.2) is 0 Å². The molecule has 0 fully saturated rings. The molecule has 0 saturated heterocycles. The quantitative estimate of drug-likeness (QED) is 0.654. The number of carbonyl (C=O) groups is 1. The first-order valence-electron chi connectivity index (χ1n) is 6.42. The number of nitrogens with one attached hydrogen (secondary N) is 1. The van der Waals surface area contributed by atoms with Gasteiger partial charge in [-0.2, -0.15) is 0 Å². The third-order valence-corrected chi connectivity index (χ3v) is 3.01. The van der Waals surface area contributed by atoms with Crippen LogP contribution in [0.15, 0.2) is 36.9 Å². The van der Waals surface area contributed by atoms with E-state index in [1.165, 1.54) is 12.7 Å². The smallest absolute Gasteiger partial charge is 0.327 e. The number of esters is 1. The Balaban J connectivity index is 2.96. The standard InChI is InChI=1S/C16H23NO2/c1-6-11-17-14(15(18)19-5)12-7-9-13(10-8-12)16(2,3)4/h6-10,14,17H,1,11H2,2-5H3. The fraction of sp³-hybridized carbons (Fsp3) is 0.438. The summed E-state index contributed by atoms with van der Waals surface area (Å²) in [7, 11) is 1.40. The molecule has 3 heteroatoms. The predicted molar refractivity (Wildman–Crippen MR) is 78.1 cm³/mol. The Bertz CT molecular complexity index is 429. The van der Waals surface area contributed by atoms with Crippen LogP contribution in [0.1, 0.15) is 37.9 Å². The van der Waals surface area contributed by atoms with Crippen LogP contribution in [0.5, 0.6) is 0 Å². The second-order valence-electron chi connectivity index (χ2n) is 5.53. The summed E-state index contributed by atoms with van der Waals surface area (Å²) >= 11 is 0. The highest BCUT2D eigenvalue weighted by Crippen LogP contribution is 2.24. The number of methoxy groups -OCH3 is 1. The van der Waals surface area contributed by atoms with Gasteiger partial charge in [0.1, 0.15) is 6.04 Å². The summed E-state index contributed by atoms with van der Waals surface area (Å²) in [4.78, 5) is 11.8. The van der Waals surface area contributed by atoms with Crippen LogP contribution < -0.4 is 5.32 Å². The molecule has 0 aliphatic carbocycles. The van der Waals surface area contributed by atoms with Crippen molar-refractivity contribution in [1.29, 1.82) is 0 Å². The topological polar surface area (TPSA) is 38.3 Å². The van der Waals surface area contributed by atoms with Gasteiger partial charge in [0.2, 0.25) is 0 Å². The van der Waals surface area contributed by atoms with E-state index < -0.39 is 6.04 Å². The van der Waals surface area contributed by atoms with Crippen LogP contribution in [0.4, 0.5) is 0 Å². The van der Waals surface area contributed by atoms with Gasteiger partial charge in [-0.1, -0.05) is 51.1 Å². The number of rotatable bonds is 5. The van der Waals surface area contributed by atoms with Crippen LogP contribution in [0.25, 0.3) is 0 Å². The number of hydrogen-bond donors (Lipinski definition) is 1. The molecular weight excluding hydrogens is 238 g/mol. The normalized spacial score (nSPS) is 12.8. The van der Waals surface area contributed by atoms with Crippen molar-refractivity contribution in [2.75, 3.05) is 13.7 Å². The predicted octanol–water partition coefficient (Wildman–Crippen LogP) is 2.97. The maximum Gasteiger partial charge on any atom is 0.327 e. The number of hydrogen-bond acceptors (Lipinski definition) is 3. The number of carbonyl (C=O) groups excluding carboxylic acids is 1. The van der Waals surface area contributed by atoms with E-state index in [4.69, 9.17) is 4.74 Å². The van der Waals surface area contributed by atoms with Crippen molar-refractivity contribution in [2.24, 2.45) is 0 Å². The first-order chi connectivity index (χ1) is 8.90. The molecule has 0 aliphatic heterocycles. The molecule has 104 valence electrons. The van der Waals surface area contributed by atoms with Gasteiger partial charge in [0.05, 0.1) is 7.11 Å². The molecule has 1 atom stereocenters. The second kappa shape index (κ2) is 6.53. The average molecular weight is 261 g/mol. The Kier molecular flexibility index (Phi) is 5.31. The average Bonchev–Trinajstić information content (AvgIpc) is 2.38. The number of benzene rings is 1. The molecule has 0 aromatic heterocycles. The first-order valence-corrected chi connectivity index (χ1v) is 6.42. The molecule has 0 heterocycles. The highest BCUT2D eigenvalue weighted by atomic mass is 16.5. The lowest BCUT2D eigenvalue weighted by molar-refractivity contribution is -0.143. The van der Waals surface area contributed by atoms with Gasteiger partial charge >= 0.3 is 5.97 Å². The molecule has 1 rings (SSSR count). The van der Waals surface area contributed by atoms with Crippen LogP contribution in [-0.2, 0) is 14.9 Å². The lowest BCUT2D eigenvalue weighted by Crippen LogP contribution is -2.29. The highest BCUT2D eigenvalue weighted by molar-refractivity contribution is 5.77. The van der Waals surface area contributed by atoms with E-state index in [1.54, 1.807) is 6.08 Å². The summed E-state index contributed by atoms with van der Waals surface area (Å²) in [5, 5.41) is 3.10. The van der Waals surface area contributed by atoms with E-state index in [9.17, 15) is 4.79 Å². The Morgan fingerprint density at radius 3 is 2.37 bits per heavy atom. The van der Waals surface area contributed by atoms with Gasteiger partial charge in [-0.15, -0.1) is 6.58 Å². The molecule has 1 aromatic carbocycles. The molecule has 1 unspecified atom stereocenters. The summed E-state index contributed by atoms with van der Waals surface area (Å²) in [5.74, 6) is -0.287. The minimum absolute atomic E-state index is 0.105. The van der Waals surface area contributed by atoms with E-state index in [-0.39, 0.29) is 11.4 Å². The van der Waals surface area contributed by atoms with E-state index in [2.05, 4.69) is 44.8 Å². The molecule has 0 amide bonds. The monoisotopic (exact) mass is 261 g/mol. The van der Waals surface area contributed by atoms with Gasteiger partial charge in [-0.25, -0.2) is 4.79 Å². The summed E-state index contributed by atoms with van der Waals surface area (Å²) in [6.07, 6.45) is 1.72. The zero-order valence-corrected chi connectivity index (χ0v) is 12.2. The molecule has 1 aromatic rings. The first kappa shape index (κ1) is 15.4. The molecular formula is C16H23NO2. The van der Waals surface area contributed by atoms with Crippen molar-refractivity contribution in [3.8, 4) is 0 Å².